The molecule has 1 fully saturated rings. The summed E-state index contributed by atoms with van der Waals surface area (Å²) in [6.07, 6.45) is 2.35. The first kappa shape index (κ1) is 13.4. The number of carbonyl (C=O) groups is 1. The Kier molecular flexibility index (Phi) is 3.66. The lowest BCUT2D eigenvalue weighted by molar-refractivity contribution is 0.0939. The molecule has 4 heteroatoms. The second-order valence-electron chi connectivity index (χ2n) is 5.37. The van der Waals surface area contributed by atoms with E-state index in [1.54, 1.807) is 0 Å². The third-order valence-corrected chi connectivity index (χ3v) is 4.27. The van der Waals surface area contributed by atoms with Crippen molar-refractivity contribution < 1.29 is 9.18 Å². The summed E-state index contributed by atoms with van der Waals surface area (Å²) >= 11 is 3.98. The normalized spacial score (nSPS) is 16.7. The lowest BCUT2D eigenvalue weighted by Gasteiger charge is -2.20. The van der Waals surface area contributed by atoms with Crippen LogP contribution in [0.3, 0.4) is 0 Å². The predicted molar refractivity (Wildman–Crippen MR) is 72.5 cm³/mol. The average molecular weight is 267 g/mol. The zero-order valence-corrected chi connectivity index (χ0v) is 11.6. The van der Waals surface area contributed by atoms with E-state index in [0.717, 1.165) is 0 Å². The standard InChI is InChI=1S/C14H18FNOS/c1-9(2)14(5-6-14)8-16-13(17)10-3-4-11(15)12(18)7-10/h3-4,7,9,18H,5-6,8H2,1-2H3,(H,16,17). The number of nitrogens with one attached hydrogen (secondary N) is 1. The maximum atomic E-state index is 13.0. The summed E-state index contributed by atoms with van der Waals surface area (Å²) in [6, 6.07) is 4.22. The molecule has 18 heavy (non-hydrogen) atoms. The first-order valence-electron chi connectivity index (χ1n) is 6.21. The fourth-order valence-corrected chi connectivity index (χ4v) is 2.34. The van der Waals surface area contributed by atoms with Crippen molar-refractivity contribution in [2.75, 3.05) is 6.54 Å². The molecule has 1 aromatic rings. The molecule has 1 aliphatic carbocycles. The van der Waals surface area contributed by atoms with Crippen LogP contribution >= 0.6 is 12.6 Å². The van der Waals surface area contributed by atoms with Gasteiger partial charge in [-0.15, -0.1) is 12.6 Å². The number of rotatable bonds is 4. The van der Waals surface area contributed by atoms with Crippen LogP contribution < -0.4 is 5.32 Å². The summed E-state index contributed by atoms with van der Waals surface area (Å²) in [7, 11) is 0. The van der Waals surface area contributed by atoms with E-state index in [-0.39, 0.29) is 16.2 Å². The molecule has 2 nitrogen and oxygen atoms in total. The molecule has 1 N–H and O–H groups in total. The highest BCUT2D eigenvalue weighted by molar-refractivity contribution is 7.80. The van der Waals surface area contributed by atoms with Gasteiger partial charge in [0.05, 0.1) is 0 Å². The van der Waals surface area contributed by atoms with Gasteiger partial charge in [-0.3, -0.25) is 4.79 Å². The lowest BCUT2D eigenvalue weighted by atomic mass is 9.92. The molecular weight excluding hydrogens is 249 g/mol. The van der Waals surface area contributed by atoms with E-state index in [2.05, 4.69) is 31.8 Å². The highest BCUT2D eigenvalue weighted by Crippen LogP contribution is 2.51. The van der Waals surface area contributed by atoms with Gasteiger partial charge in [-0.05, 0) is 42.4 Å². The summed E-state index contributed by atoms with van der Waals surface area (Å²) in [5.74, 6) is 0.0133. The Hall–Kier alpha value is -1.03. The fraction of sp³-hybridized carbons (Fsp3) is 0.500. The van der Waals surface area contributed by atoms with Gasteiger partial charge in [-0.25, -0.2) is 4.39 Å². The minimum atomic E-state index is -0.407. The molecule has 1 aliphatic rings. The van der Waals surface area contributed by atoms with Crippen LogP contribution in [-0.4, -0.2) is 12.5 Å². The van der Waals surface area contributed by atoms with Crippen LogP contribution in [0.2, 0.25) is 0 Å². The smallest absolute Gasteiger partial charge is 0.251 e. The Balaban J connectivity index is 1.98. The molecule has 1 amide bonds. The van der Waals surface area contributed by atoms with Crippen molar-refractivity contribution in [1.29, 1.82) is 0 Å². The minimum absolute atomic E-state index is 0.155. The number of carbonyl (C=O) groups excluding carboxylic acids is 1. The molecule has 0 unspecified atom stereocenters. The van der Waals surface area contributed by atoms with Crippen LogP contribution in [0.1, 0.15) is 37.0 Å². The number of benzene rings is 1. The zero-order valence-electron chi connectivity index (χ0n) is 10.7. The number of hydrogen-bond acceptors (Lipinski definition) is 2. The summed E-state index contributed by atoms with van der Waals surface area (Å²) < 4.78 is 13.0. The number of amides is 1. The maximum absolute atomic E-state index is 13.0. The molecule has 0 spiro atoms. The van der Waals surface area contributed by atoms with E-state index in [1.807, 2.05) is 0 Å². The van der Waals surface area contributed by atoms with Crippen molar-refractivity contribution in [2.45, 2.75) is 31.6 Å². The molecule has 98 valence electrons. The molecule has 0 saturated heterocycles. The Morgan fingerprint density at radius 2 is 2.17 bits per heavy atom. The van der Waals surface area contributed by atoms with Crippen LogP contribution in [0, 0.1) is 17.2 Å². The number of hydrogen-bond donors (Lipinski definition) is 2. The molecular formula is C14H18FNOS. The van der Waals surface area contributed by atoms with E-state index >= 15 is 0 Å². The fourth-order valence-electron chi connectivity index (χ4n) is 2.13. The van der Waals surface area contributed by atoms with Crippen molar-refractivity contribution in [3.05, 3.63) is 29.6 Å². The van der Waals surface area contributed by atoms with Gasteiger partial charge in [-0.2, -0.15) is 0 Å². The SMILES string of the molecule is CC(C)C1(CNC(=O)c2ccc(F)c(S)c2)CC1. The Bertz CT molecular complexity index is 469. The second-order valence-corrected chi connectivity index (χ2v) is 5.85. The van der Waals surface area contributed by atoms with Gasteiger partial charge in [0.2, 0.25) is 0 Å². The minimum Gasteiger partial charge on any atom is -0.351 e. The maximum Gasteiger partial charge on any atom is 0.251 e. The second kappa shape index (κ2) is 4.92. The molecule has 0 aliphatic heterocycles. The Morgan fingerprint density at radius 3 is 2.67 bits per heavy atom. The van der Waals surface area contributed by atoms with Crippen LogP contribution in [0.25, 0.3) is 0 Å². The summed E-state index contributed by atoms with van der Waals surface area (Å²) in [5, 5.41) is 2.93. The van der Waals surface area contributed by atoms with Gasteiger partial charge in [0.25, 0.3) is 5.91 Å². The van der Waals surface area contributed by atoms with Gasteiger partial charge in [0.1, 0.15) is 5.82 Å². The highest BCUT2D eigenvalue weighted by Gasteiger charge is 2.45. The van der Waals surface area contributed by atoms with E-state index < -0.39 is 5.82 Å². The van der Waals surface area contributed by atoms with Crippen LogP contribution in [0.15, 0.2) is 23.1 Å². The molecule has 2 rings (SSSR count). The van der Waals surface area contributed by atoms with Gasteiger partial charge in [0, 0.05) is 17.0 Å². The molecule has 1 aromatic carbocycles. The van der Waals surface area contributed by atoms with Crippen LogP contribution in [-0.2, 0) is 0 Å². The zero-order chi connectivity index (χ0) is 13.3. The lowest BCUT2D eigenvalue weighted by Crippen LogP contribution is -2.32. The van der Waals surface area contributed by atoms with Crippen molar-refractivity contribution in [3.63, 3.8) is 0 Å². The van der Waals surface area contributed by atoms with E-state index in [1.165, 1.54) is 31.0 Å². The molecule has 0 heterocycles. The first-order valence-corrected chi connectivity index (χ1v) is 6.66. The van der Waals surface area contributed by atoms with Gasteiger partial charge in [-0.1, -0.05) is 13.8 Å². The number of halogens is 1. The largest absolute Gasteiger partial charge is 0.351 e. The Morgan fingerprint density at radius 1 is 1.50 bits per heavy atom. The molecule has 0 aromatic heterocycles. The van der Waals surface area contributed by atoms with Gasteiger partial charge in [0.15, 0.2) is 0 Å². The average Bonchev–Trinajstić information content (AvgIpc) is 3.11. The Labute approximate surface area is 112 Å². The van der Waals surface area contributed by atoms with Crippen LogP contribution in [0.5, 0.6) is 0 Å². The van der Waals surface area contributed by atoms with Crippen molar-refractivity contribution in [1.82, 2.24) is 5.32 Å². The molecule has 0 atom stereocenters. The monoisotopic (exact) mass is 267 g/mol. The van der Waals surface area contributed by atoms with Crippen molar-refractivity contribution >= 4 is 18.5 Å². The number of thiol groups is 1. The molecule has 1 saturated carbocycles. The third-order valence-electron chi connectivity index (χ3n) is 3.93. The van der Waals surface area contributed by atoms with Crippen LogP contribution in [0.4, 0.5) is 4.39 Å². The first-order chi connectivity index (χ1) is 8.44. The molecule has 0 bridgehead atoms. The van der Waals surface area contributed by atoms with Crippen molar-refractivity contribution in [2.24, 2.45) is 11.3 Å². The third kappa shape index (κ3) is 2.69. The summed E-state index contributed by atoms with van der Waals surface area (Å²) in [6.45, 7) is 5.06. The highest BCUT2D eigenvalue weighted by atomic mass is 32.1. The van der Waals surface area contributed by atoms with E-state index in [9.17, 15) is 9.18 Å². The van der Waals surface area contributed by atoms with Gasteiger partial charge < -0.3 is 5.32 Å². The van der Waals surface area contributed by atoms with E-state index in [4.69, 9.17) is 0 Å². The summed E-state index contributed by atoms with van der Waals surface area (Å²) in [4.78, 5) is 12.1. The topological polar surface area (TPSA) is 29.1 Å². The van der Waals surface area contributed by atoms with E-state index in [0.29, 0.717) is 18.0 Å². The quantitative estimate of drug-likeness (QED) is 0.805. The predicted octanol–water partition coefficient (Wildman–Crippen LogP) is 3.28. The van der Waals surface area contributed by atoms with Gasteiger partial charge >= 0.3 is 0 Å². The van der Waals surface area contributed by atoms with Crippen molar-refractivity contribution in [3.8, 4) is 0 Å². The summed E-state index contributed by atoms with van der Waals surface area (Å²) in [5.41, 5.74) is 0.736. The molecule has 0 radical (unpaired) electrons.